The molecule has 1 aromatic rings. The van der Waals surface area contributed by atoms with Gasteiger partial charge in [0.15, 0.2) is 0 Å². The predicted molar refractivity (Wildman–Crippen MR) is 39.7 cm³/mol. The van der Waals surface area contributed by atoms with Crippen LogP contribution in [0.15, 0.2) is 24.5 Å². The minimum absolute atomic E-state index is 0.431. The van der Waals surface area contributed by atoms with Crippen LogP contribution in [0.25, 0.3) is 0 Å². The second-order valence-corrected chi connectivity index (χ2v) is 1.47. The fraction of sp³-hybridized carbons (Fsp3) is 0.286. The number of hydrogen-bond donors (Lipinski definition) is 0. The van der Waals surface area contributed by atoms with Gasteiger partial charge in [0.05, 0.1) is 6.61 Å². The summed E-state index contributed by atoms with van der Waals surface area (Å²) in [7, 11) is 0. The van der Waals surface area contributed by atoms with Crippen molar-refractivity contribution in [2.45, 2.75) is 6.92 Å². The van der Waals surface area contributed by atoms with Gasteiger partial charge in [0.25, 0.3) is 6.47 Å². The lowest BCUT2D eigenvalue weighted by Crippen LogP contribution is -1.80. The van der Waals surface area contributed by atoms with E-state index in [0.29, 0.717) is 13.1 Å². The smallest absolute Gasteiger partial charge is 0.293 e. The molecule has 1 heterocycles. The summed E-state index contributed by atoms with van der Waals surface area (Å²) in [6, 6.07) is 3.65. The highest BCUT2D eigenvalue weighted by Crippen LogP contribution is 1.68. The molecule has 0 saturated carbocycles. The van der Waals surface area contributed by atoms with E-state index in [2.05, 4.69) is 14.9 Å². The third-order valence-corrected chi connectivity index (χ3v) is 0.718. The molecule has 1 aromatic heterocycles. The van der Waals surface area contributed by atoms with Crippen molar-refractivity contribution in [1.29, 1.82) is 0 Å². The van der Waals surface area contributed by atoms with Crippen molar-refractivity contribution >= 4 is 6.47 Å². The summed E-state index contributed by atoms with van der Waals surface area (Å²) in [5, 5.41) is 7.07. The number of hydrogen-bond acceptors (Lipinski definition) is 4. The second kappa shape index (κ2) is 8.55. The first kappa shape index (κ1) is 9.55. The van der Waals surface area contributed by atoms with Crippen LogP contribution in [0.5, 0.6) is 0 Å². The van der Waals surface area contributed by atoms with Crippen molar-refractivity contribution < 1.29 is 9.53 Å². The minimum atomic E-state index is 0.431. The lowest BCUT2D eigenvalue weighted by molar-refractivity contribution is -0.128. The monoisotopic (exact) mass is 154 g/mol. The van der Waals surface area contributed by atoms with Crippen LogP contribution < -0.4 is 0 Å². The molecule has 4 nitrogen and oxygen atoms in total. The van der Waals surface area contributed by atoms with Gasteiger partial charge in [-0.15, -0.1) is 0 Å². The molecule has 60 valence electrons. The summed E-state index contributed by atoms with van der Waals surface area (Å²) >= 11 is 0. The van der Waals surface area contributed by atoms with Crippen molar-refractivity contribution in [2.24, 2.45) is 0 Å². The molecule has 0 atom stereocenters. The Morgan fingerprint density at radius 3 is 2.00 bits per heavy atom. The minimum Gasteiger partial charge on any atom is -0.468 e. The van der Waals surface area contributed by atoms with E-state index in [-0.39, 0.29) is 0 Å². The van der Waals surface area contributed by atoms with Gasteiger partial charge in [-0.1, -0.05) is 0 Å². The van der Waals surface area contributed by atoms with Gasteiger partial charge >= 0.3 is 0 Å². The molecule has 0 aliphatic rings. The fourth-order valence-corrected chi connectivity index (χ4v) is 0.321. The largest absolute Gasteiger partial charge is 0.468 e. The molecule has 11 heavy (non-hydrogen) atoms. The highest BCUT2D eigenvalue weighted by atomic mass is 16.5. The van der Waals surface area contributed by atoms with Crippen molar-refractivity contribution in [2.75, 3.05) is 6.61 Å². The van der Waals surface area contributed by atoms with Crippen LogP contribution in [0.2, 0.25) is 0 Å². The molecule has 0 aliphatic heterocycles. The summed E-state index contributed by atoms with van der Waals surface area (Å²) in [5.41, 5.74) is 0. The zero-order valence-electron chi connectivity index (χ0n) is 6.30. The molecule has 0 aliphatic carbocycles. The summed E-state index contributed by atoms with van der Waals surface area (Å²) in [4.78, 5) is 9.18. The van der Waals surface area contributed by atoms with Crippen LogP contribution in [0.1, 0.15) is 6.92 Å². The topological polar surface area (TPSA) is 52.1 Å². The highest BCUT2D eigenvalue weighted by Gasteiger charge is 1.61. The zero-order valence-corrected chi connectivity index (χ0v) is 6.30. The van der Waals surface area contributed by atoms with E-state index in [4.69, 9.17) is 0 Å². The maximum absolute atomic E-state index is 9.18. The van der Waals surface area contributed by atoms with Gasteiger partial charge in [-0.3, -0.25) is 4.79 Å². The summed E-state index contributed by atoms with van der Waals surface area (Å²) < 4.78 is 4.15. The van der Waals surface area contributed by atoms with Crippen LogP contribution in [0.3, 0.4) is 0 Å². The number of ether oxygens (including phenoxy) is 1. The Morgan fingerprint density at radius 1 is 1.36 bits per heavy atom. The first-order valence-corrected chi connectivity index (χ1v) is 3.18. The Balaban J connectivity index is 0.000000187. The Labute approximate surface area is 65.2 Å². The average molecular weight is 154 g/mol. The summed E-state index contributed by atoms with van der Waals surface area (Å²) in [6.45, 7) is 2.66. The molecule has 0 aromatic carbocycles. The third-order valence-electron chi connectivity index (χ3n) is 0.718. The normalized spacial score (nSPS) is 7.36. The molecular formula is C7H10N2O2. The molecule has 1 rings (SSSR count). The molecule has 0 spiro atoms. The second-order valence-electron chi connectivity index (χ2n) is 1.47. The van der Waals surface area contributed by atoms with Gasteiger partial charge < -0.3 is 4.74 Å². The summed E-state index contributed by atoms with van der Waals surface area (Å²) in [6.07, 6.45) is 3.28. The van der Waals surface area contributed by atoms with Gasteiger partial charge in [0, 0.05) is 12.4 Å². The molecular weight excluding hydrogens is 144 g/mol. The Bertz CT molecular complexity index is 141. The van der Waals surface area contributed by atoms with Crippen LogP contribution in [-0.2, 0) is 9.53 Å². The molecule has 0 bridgehead atoms. The van der Waals surface area contributed by atoms with Crippen molar-refractivity contribution in [1.82, 2.24) is 10.2 Å². The summed E-state index contributed by atoms with van der Waals surface area (Å²) in [5.74, 6) is 0. The van der Waals surface area contributed by atoms with E-state index in [1.54, 1.807) is 19.3 Å². The number of rotatable bonds is 2. The van der Waals surface area contributed by atoms with E-state index in [0.717, 1.165) is 0 Å². The molecule has 0 fully saturated rings. The number of nitrogens with zero attached hydrogens (tertiary/aromatic N) is 2. The highest BCUT2D eigenvalue weighted by molar-refractivity contribution is 5.36. The first-order valence-electron chi connectivity index (χ1n) is 3.18. The number of carbonyl (C=O) groups excluding carboxylic acids is 1. The van der Waals surface area contributed by atoms with Gasteiger partial charge in [-0.05, 0) is 19.1 Å². The van der Waals surface area contributed by atoms with Crippen LogP contribution in [0.4, 0.5) is 0 Å². The quantitative estimate of drug-likeness (QED) is 0.587. The predicted octanol–water partition coefficient (Wildman–Crippen LogP) is 0.656. The van der Waals surface area contributed by atoms with Crippen molar-refractivity contribution in [3.8, 4) is 0 Å². The Kier molecular flexibility index (Phi) is 7.42. The van der Waals surface area contributed by atoms with Gasteiger partial charge in [-0.2, -0.15) is 10.2 Å². The number of aromatic nitrogens is 2. The van der Waals surface area contributed by atoms with Gasteiger partial charge in [0.1, 0.15) is 0 Å². The maximum atomic E-state index is 9.18. The standard InChI is InChI=1S/C4H4N2.C3H6O2/c1-2-4-6-5-3-1;1-2-5-3-4/h1-4H;3H,2H2,1H3. The third kappa shape index (κ3) is 8.55. The van der Waals surface area contributed by atoms with Crippen molar-refractivity contribution in [3.63, 3.8) is 0 Å². The molecule has 4 heteroatoms. The Hall–Kier alpha value is -1.45. The van der Waals surface area contributed by atoms with Crippen molar-refractivity contribution in [3.05, 3.63) is 24.5 Å². The SMILES string of the molecule is CCOC=O.c1ccnnc1. The molecule has 0 amide bonds. The van der Waals surface area contributed by atoms with Gasteiger partial charge in [0.2, 0.25) is 0 Å². The van der Waals surface area contributed by atoms with Crippen LogP contribution >= 0.6 is 0 Å². The zero-order chi connectivity index (χ0) is 8.36. The lowest BCUT2D eigenvalue weighted by Gasteiger charge is -1.79. The average Bonchev–Trinajstić information content (AvgIpc) is 2.10. The maximum Gasteiger partial charge on any atom is 0.293 e. The molecule has 0 N–H and O–H groups in total. The van der Waals surface area contributed by atoms with Crippen LogP contribution in [0, 0.1) is 0 Å². The Morgan fingerprint density at radius 2 is 1.91 bits per heavy atom. The van der Waals surface area contributed by atoms with Crippen LogP contribution in [-0.4, -0.2) is 23.3 Å². The first-order chi connectivity index (χ1) is 5.41. The molecule has 0 radical (unpaired) electrons. The van der Waals surface area contributed by atoms with E-state index in [9.17, 15) is 4.79 Å². The van der Waals surface area contributed by atoms with E-state index >= 15 is 0 Å². The molecule has 0 saturated heterocycles. The van der Waals surface area contributed by atoms with E-state index < -0.39 is 0 Å². The number of carbonyl (C=O) groups is 1. The molecule has 0 unspecified atom stereocenters. The fourth-order valence-electron chi connectivity index (χ4n) is 0.321. The van der Waals surface area contributed by atoms with E-state index in [1.165, 1.54) is 0 Å². The van der Waals surface area contributed by atoms with E-state index in [1.807, 2.05) is 12.1 Å². The lowest BCUT2D eigenvalue weighted by atomic mass is 10.6. The van der Waals surface area contributed by atoms with Gasteiger partial charge in [-0.25, -0.2) is 0 Å².